The zero-order chi connectivity index (χ0) is 26.9. The number of hydrogen-bond donors (Lipinski definition) is 1. The molecule has 2 aliphatic rings. The van der Waals surface area contributed by atoms with Crippen molar-refractivity contribution in [2.24, 2.45) is 5.92 Å². The van der Waals surface area contributed by atoms with Gasteiger partial charge < -0.3 is 23.9 Å². The van der Waals surface area contributed by atoms with Crippen LogP contribution < -0.4 is 4.90 Å². The quantitative estimate of drug-likeness (QED) is 0.357. The van der Waals surface area contributed by atoms with Crippen molar-refractivity contribution < 1.29 is 18.7 Å². The van der Waals surface area contributed by atoms with E-state index >= 15 is 4.39 Å². The Kier molecular flexibility index (Phi) is 7.18. The van der Waals surface area contributed by atoms with E-state index in [-0.39, 0.29) is 17.7 Å². The molecule has 2 saturated heterocycles. The first-order valence-electron chi connectivity index (χ1n) is 13.8. The molecule has 4 aromatic rings. The van der Waals surface area contributed by atoms with Gasteiger partial charge in [-0.15, -0.1) is 0 Å². The summed E-state index contributed by atoms with van der Waals surface area (Å²) in [6.45, 7) is 9.77. The van der Waals surface area contributed by atoms with Crippen molar-refractivity contribution in [1.82, 2.24) is 29.4 Å². The standard InChI is InChI=1S/C28H34FN7O3/c1-3-36-22(17-34-11-8-18(9-12-34)28(37)39-4-2)31-24-26(35-13-15-38-16-14-35)32-25(33-27(24)36)23-19-7-10-30-21(19)6-5-20(23)29/h5-7,10,18,30H,3-4,8-9,11-17H2,1-2H3. The van der Waals surface area contributed by atoms with Crippen LogP contribution in [0.2, 0.25) is 0 Å². The highest BCUT2D eigenvalue weighted by molar-refractivity contribution is 5.95. The molecule has 0 spiro atoms. The molecular weight excluding hydrogens is 501 g/mol. The highest BCUT2D eigenvalue weighted by atomic mass is 19.1. The van der Waals surface area contributed by atoms with E-state index in [2.05, 4.69) is 26.3 Å². The Balaban J connectivity index is 1.40. The summed E-state index contributed by atoms with van der Waals surface area (Å²) in [5.74, 6) is 1.45. The fourth-order valence-electron chi connectivity index (χ4n) is 5.71. The summed E-state index contributed by atoms with van der Waals surface area (Å²) in [5, 5.41) is 0.745. The lowest BCUT2D eigenvalue weighted by Gasteiger charge is -2.30. The Morgan fingerprint density at radius 2 is 1.90 bits per heavy atom. The van der Waals surface area contributed by atoms with Gasteiger partial charge in [-0.25, -0.2) is 19.3 Å². The van der Waals surface area contributed by atoms with Crippen LogP contribution in [0.1, 0.15) is 32.5 Å². The first-order valence-corrected chi connectivity index (χ1v) is 13.8. The molecular formula is C28H34FN7O3. The minimum atomic E-state index is -0.360. The Morgan fingerprint density at radius 3 is 2.64 bits per heavy atom. The van der Waals surface area contributed by atoms with Crippen LogP contribution in [0.15, 0.2) is 24.4 Å². The smallest absolute Gasteiger partial charge is 0.309 e. The van der Waals surface area contributed by atoms with E-state index in [4.69, 9.17) is 24.4 Å². The second-order valence-corrected chi connectivity index (χ2v) is 10.1. The number of aromatic amines is 1. The van der Waals surface area contributed by atoms with Gasteiger partial charge in [0.25, 0.3) is 0 Å². The summed E-state index contributed by atoms with van der Waals surface area (Å²) < 4.78 is 28.2. The molecule has 39 heavy (non-hydrogen) atoms. The number of ether oxygens (including phenoxy) is 2. The summed E-state index contributed by atoms with van der Waals surface area (Å²) >= 11 is 0. The highest BCUT2D eigenvalue weighted by Crippen LogP contribution is 2.34. The van der Waals surface area contributed by atoms with E-state index in [1.165, 1.54) is 6.07 Å². The largest absolute Gasteiger partial charge is 0.466 e. The van der Waals surface area contributed by atoms with Crippen LogP contribution >= 0.6 is 0 Å². The molecule has 206 valence electrons. The van der Waals surface area contributed by atoms with Crippen molar-refractivity contribution >= 4 is 33.9 Å². The highest BCUT2D eigenvalue weighted by Gasteiger charge is 2.29. The molecule has 3 aromatic heterocycles. The van der Waals surface area contributed by atoms with Crippen LogP contribution in [-0.4, -0.2) is 81.4 Å². The van der Waals surface area contributed by atoms with Gasteiger partial charge in [-0.2, -0.15) is 0 Å². The number of benzene rings is 1. The van der Waals surface area contributed by atoms with E-state index in [0.717, 1.165) is 48.2 Å². The van der Waals surface area contributed by atoms with Crippen molar-refractivity contribution in [3.8, 4) is 11.4 Å². The molecule has 1 N–H and O–H groups in total. The van der Waals surface area contributed by atoms with E-state index in [9.17, 15) is 4.79 Å². The number of aromatic nitrogens is 5. The fourth-order valence-corrected chi connectivity index (χ4v) is 5.71. The van der Waals surface area contributed by atoms with Gasteiger partial charge in [0.2, 0.25) is 0 Å². The normalized spacial score (nSPS) is 17.4. The van der Waals surface area contributed by atoms with Crippen LogP contribution in [0.5, 0.6) is 0 Å². The Morgan fingerprint density at radius 1 is 1.10 bits per heavy atom. The predicted octanol–water partition coefficient (Wildman–Crippen LogP) is 3.75. The van der Waals surface area contributed by atoms with E-state index in [1.54, 1.807) is 12.3 Å². The maximum Gasteiger partial charge on any atom is 0.309 e. The molecule has 2 fully saturated rings. The number of carbonyl (C=O) groups excluding carboxylic acids is 1. The van der Waals surface area contributed by atoms with Crippen molar-refractivity contribution in [2.45, 2.75) is 39.8 Å². The lowest BCUT2D eigenvalue weighted by atomic mass is 9.97. The molecule has 2 aliphatic heterocycles. The van der Waals surface area contributed by atoms with E-state index in [1.807, 2.05) is 13.0 Å². The predicted molar refractivity (Wildman–Crippen MR) is 146 cm³/mol. The maximum absolute atomic E-state index is 15.3. The average Bonchev–Trinajstić information content (AvgIpc) is 3.57. The van der Waals surface area contributed by atoms with Crippen LogP contribution in [0.3, 0.4) is 0 Å². The number of carbonyl (C=O) groups is 1. The van der Waals surface area contributed by atoms with E-state index < -0.39 is 0 Å². The van der Waals surface area contributed by atoms with Crippen LogP contribution in [0, 0.1) is 11.7 Å². The number of nitrogens with zero attached hydrogens (tertiary/aromatic N) is 6. The van der Waals surface area contributed by atoms with Crippen molar-refractivity contribution in [1.29, 1.82) is 0 Å². The molecule has 0 saturated carbocycles. The number of morpholine rings is 1. The molecule has 0 amide bonds. The summed E-state index contributed by atoms with van der Waals surface area (Å²) in [5.41, 5.74) is 2.64. The number of aryl methyl sites for hydroxylation is 1. The van der Waals surface area contributed by atoms with Gasteiger partial charge >= 0.3 is 5.97 Å². The van der Waals surface area contributed by atoms with Crippen molar-refractivity contribution in [2.75, 3.05) is 50.9 Å². The summed E-state index contributed by atoms with van der Waals surface area (Å²) in [4.78, 5) is 34.8. The number of fused-ring (bicyclic) bond motifs is 2. The van der Waals surface area contributed by atoms with Crippen molar-refractivity contribution in [3.63, 3.8) is 0 Å². The number of hydrogen-bond acceptors (Lipinski definition) is 8. The molecule has 5 heterocycles. The first kappa shape index (κ1) is 25.7. The lowest BCUT2D eigenvalue weighted by molar-refractivity contribution is -0.149. The second-order valence-electron chi connectivity index (χ2n) is 10.1. The van der Waals surface area contributed by atoms with Crippen LogP contribution in [0.25, 0.3) is 33.5 Å². The third-order valence-electron chi connectivity index (χ3n) is 7.76. The molecule has 0 atom stereocenters. The summed E-state index contributed by atoms with van der Waals surface area (Å²) in [7, 11) is 0. The van der Waals surface area contributed by atoms with Gasteiger partial charge in [0, 0.05) is 36.7 Å². The minimum Gasteiger partial charge on any atom is -0.466 e. The molecule has 0 aliphatic carbocycles. The van der Waals surface area contributed by atoms with Gasteiger partial charge in [-0.1, -0.05) is 0 Å². The Labute approximate surface area is 226 Å². The van der Waals surface area contributed by atoms with Gasteiger partial charge in [-0.05, 0) is 58.0 Å². The third kappa shape index (κ3) is 4.85. The molecule has 0 unspecified atom stereocenters. The maximum atomic E-state index is 15.3. The number of likely N-dealkylation sites (tertiary alicyclic amines) is 1. The fraction of sp³-hybridized carbons (Fsp3) is 0.500. The summed E-state index contributed by atoms with van der Waals surface area (Å²) in [6, 6.07) is 5.05. The Hall–Kier alpha value is -3.57. The topological polar surface area (TPSA) is 101 Å². The number of imidazole rings is 1. The average molecular weight is 536 g/mol. The number of H-pyrrole nitrogens is 1. The minimum absolute atomic E-state index is 0.0430. The number of halogens is 1. The molecule has 1 aromatic carbocycles. The molecule has 10 nitrogen and oxygen atoms in total. The number of esters is 1. The monoisotopic (exact) mass is 535 g/mol. The third-order valence-corrected chi connectivity index (χ3v) is 7.76. The molecule has 0 radical (unpaired) electrons. The molecule has 6 rings (SSSR count). The van der Waals surface area contributed by atoms with Crippen LogP contribution in [0.4, 0.5) is 10.2 Å². The Bertz CT molecular complexity index is 1490. The summed E-state index contributed by atoms with van der Waals surface area (Å²) in [6.07, 6.45) is 3.34. The first-order chi connectivity index (χ1) is 19.1. The zero-order valence-corrected chi connectivity index (χ0v) is 22.5. The van der Waals surface area contributed by atoms with Gasteiger partial charge in [0.15, 0.2) is 22.8 Å². The number of rotatable bonds is 7. The van der Waals surface area contributed by atoms with Crippen LogP contribution in [-0.2, 0) is 27.4 Å². The van der Waals surface area contributed by atoms with Crippen molar-refractivity contribution in [3.05, 3.63) is 36.0 Å². The second kappa shape index (κ2) is 10.9. The van der Waals surface area contributed by atoms with Gasteiger partial charge in [0.05, 0.1) is 37.8 Å². The number of piperidine rings is 1. The SMILES string of the molecule is CCOC(=O)C1CCN(Cc2nc3c(N4CCOCC4)nc(-c4c(F)ccc5[nH]ccc45)nc3n2CC)CC1. The van der Waals surface area contributed by atoms with E-state index in [0.29, 0.717) is 68.9 Å². The number of anilines is 1. The lowest BCUT2D eigenvalue weighted by Crippen LogP contribution is -2.37. The zero-order valence-electron chi connectivity index (χ0n) is 22.5. The molecule has 0 bridgehead atoms. The van der Waals surface area contributed by atoms with Gasteiger partial charge in [0.1, 0.15) is 11.6 Å². The van der Waals surface area contributed by atoms with Gasteiger partial charge in [-0.3, -0.25) is 9.69 Å². The molecule has 11 heteroatoms. The number of nitrogens with one attached hydrogen (secondary N) is 1.